The van der Waals surface area contributed by atoms with Crippen LogP contribution >= 0.6 is 0 Å². The molecule has 11 aromatic rings. The van der Waals surface area contributed by atoms with Gasteiger partial charge in [-0.3, -0.25) is 0 Å². The maximum Gasteiger partial charge on any atom is 0.136 e. The van der Waals surface area contributed by atoms with Gasteiger partial charge in [0.25, 0.3) is 0 Å². The molecule has 0 bridgehead atoms. The van der Waals surface area contributed by atoms with Gasteiger partial charge in [0, 0.05) is 49.4 Å². The summed E-state index contributed by atoms with van der Waals surface area (Å²) in [4.78, 5) is 2.28. The SMILES string of the molecule is c1ccc(N(c2ccccc2)c2ccc3oc4cc(-c5ccc6oc7cc(-c8ccc9c(c8)oc8ccccc89)ccc7c6c5)ccc4c3c2)cc1. The summed E-state index contributed by atoms with van der Waals surface area (Å²) < 4.78 is 19.0. The van der Waals surface area contributed by atoms with E-state index in [1.165, 1.54) is 0 Å². The van der Waals surface area contributed by atoms with Crippen molar-refractivity contribution in [1.82, 2.24) is 0 Å². The fourth-order valence-electron chi connectivity index (χ4n) is 7.73. The molecule has 0 aliphatic heterocycles. The molecule has 0 aliphatic rings. The average Bonchev–Trinajstić information content (AvgIpc) is 3.88. The zero-order valence-corrected chi connectivity index (χ0v) is 27.9. The first-order valence-corrected chi connectivity index (χ1v) is 17.5. The quantitative estimate of drug-likeness (QED) is 0.183. The Balaban J connectivity index is 0.955. The Hall–Kier alpha value is -7.04. The first kappa shape index (κ1) is 28.8. The van der Waals surface area contributed by atoms with Gasteiger partial charge >= 0.3 is 0 Å². The van der Waals surface area contributed by atoms with Crippen LogP contribution in [0, 0.1) is 0 Å². The van der Waals surface area contributed by atoms with Crippen LogP contribution in [0.2, 0.25) is 0 Å². The van der Waals surface area contributed by atoms with E-state index in [9.17, 15) is 0 Å². The van der Waals surface area contributed by atoms with Gasteiger partial charge in [0.15, 0.2) is 0 Å². The van der Waals surface area contributed by atoms with Crippen molar-refractivity contribution in [3.63, 3.8) is 0 Å². The van der Waals surface area contributed by atoms with E-state index < -0.39 is 0 Å². The van der Waals surface area contributed by atoms with E-state index in [1.54, 1.807) is 0 Å². The van der Waals surface area contributed by atoms with Gasteiger partial charge in [0.1, 0.15) is 33.5 Å². The van der Waals surface area contributed by atoms with Gasteiger partial charge in [-0.1, -0.05) is 78.9 Å². The number of nitrogens with zero attached hydrogens (tertiary/aromatic N) is 1. The Morgan fingerprint density at radius 1 is 0.250 bits per heavy atom. The van der Waals surface area contributed by atoms with Crippen LogP contribution in [-0.2, 0) is 0 Å². The van der Waals surface area contributed by atoms with Crippen LogP contribution in [0.25, 0.3) is 88.1 Å². The third-order valence-electron chi connectivity index (χ3n) is 10.3. The molecule has 4 nitrogen and oxygen atoms in total. The minimum Gasteiger partial charge on any atom is -0.456 e. The van der Waals surface area contributed by atoms with Gasteiger partial charge in [-0.25, -0.2) is 0 Å². The van der Waals surface area contributed by atoms with Gasteiger partial charge < -0.3 is 18.2 Å². The molecule has 11 rings (SSSR count). The zero-order chi connectivity index (χ0) is 34.2. The lowest BCUT2D eigenvalue weighted by atomic mass is 9.99. The molecule has 0 unspecified atom stereocenters. The standard InChI is InChI=1S/C48H29NO3/c1-3-9-34(10-4-1)49(35-11-5-2-6-12-35)36-19-24-45-42(29-36)40-22-16-31(26-48(40)52-45)30-18-23-44-41(25-30)39-21-17-33(28-47(39)51-44)32-15-20-38-37-13-7-8-14-43(37)50-46(38)27-32/h1-29H. The summed E-state index contributed by atoms with van der Waals surface area (Å²) in [7, 11) is 0. The molecule has 8 aromatic carbocycles. The minimum absolute atomic E-state index is 0.859. The molecule has 0 saturated carbocycles. The second-order valence-corrected chi connectivity index (χ2v) is 13.3. The van der Waals surface area contributed by atoms with E-state index in [-0.39, 0.29) is 0 Å². The molecular weight excluding hydrogens is 639 g/mol. The highest BCUT2D eigenvalue weighted by Gasteiger charge is 2.17. The first-order chi connectivity index (χ1) is 25.7. The molecule has 3 aromatic heterocycles. The third-order valence-corrected chi connectivity index (χ3v) is 10.3. The van der Waals surface area contributed by atoms with Crippen LogP contribution < -0.4 is 4.90 Å². The van der Waals surface area contributed by atoms with E-state index >= 15 is 0 Å². The molecule has 52 heavy (non-hydrogen) atoms. The summed E-state index contributed by atoms with van der Waals surface area (Å²) in [5.41, 5.74) is 12.9. The highest BCUT2D eigenvalue weighted by atomic mass is 16.3. The zero-order valence-electron chi connectivity index (χ0n) is 27.9. The summed E-state index contributed by atoms with van der Waals surface area (Å²) >= 11 is 0. The number of hydrogen-bond acceptors (Lipinski definition) is 4. The molecule has 0 N–H and O–H groups in total. The number of rotatable bonds is 5. The molecule has 244 valence electrons. The number of anilines is 3. The van der Waals surface area contributed by atoms with Crippen molar-refractivity contribution >= 4 is 82.9 Å². The minimum atomic E-state index is 0.859. The predicted molar refractivity (Wildman–Crippen MR) is 214 cm³/mol. The second-order valence-electron chi connectivity index (χ2n) is 13.3. The molecule has 0 saturated heterocycles. The molecule has 4 heteroatoms. The number of hydrogen-bond donors (Lipinski definition) is 0. The van der Waals surface area contributed by atoms with Crippen LogP contribution in [0.3, 0.4) is 0 Å². The molecule has 0 fully saturated rings. The molecule has 0 amide bonds. The lowest BCUT2D eigenvalue weighted by Crippen LogP contribution is -2.09. The van der Waals surface area contributed by atoms with E-state index in [1.807, 2.05) is 30.3 Å². The van der Waals surface area contributed by atoms with Crippen LogP contribution in [0.15, 0.2) is 189 Å². The highest BCUT2D eigenvalue weighted by Crippen LogP contribution is 2.41. The van der Waals surface area contributed by atoms with Crippen LogP contribution in [0.5, 0.6) is 0 Å². The third kappa shape index (κ3) is 4.55. The molecule has 0 atom stereocenters. The van der Waals surface area contributed by atoms with Crippen molar-refractivity contribution in [3.8, 4) is 22.3 Å². The number of benzene rings is 8. The molecule has 0 aliphatic carbocycles. The van der Waals surface area contributed by atoms with Crippen LogP contribution in [0.1, 0.15) is 0 Å². The molecule has 0 radical (unpaired) electrons. The van der Waals surface area contributed by atoms with Crippen molar-refractivity contribution in [2.45, 2.75) is 0 Å². The van der Waals surface area contributed by atoms with Crippen molar-refractivity contribution in [2.75, 3.05) is 4.90 Å². The maximum atomic E-state index is 6.46. The van der Waals surface area contributed by atoms with E-state index in [2.05, 4.69) is 150 Å². The van der Waals surface area contributed by atoms with Gasteiger partial charge in [0.2, 0.25) is 0 Å². The Labute approximate surface area is 298 Å². The summed E-state index contributed by atoms with van der Waals surface area (Å²) in [5.74, 6) is 0. The van der Waals surface area contributed by atoms with Crippen molar-refractivity contribution < 1.29 is 13.3 Å². The van der Waals surface area contributed by atoms with Crippen molar-refractivity contribution in [1.29, 1.82) is 0 Å². The monoisotopic (exact) mass is 667 g/mol. The van der Waals surface area contributed by atoms with Crippen molar-refractivity contribution in [2.24, 2.45) is 0 Å². The molecular formula is C48H29NO3. The molecule has 0 spiro atoms. The summed E-state index contributed by atoms with van der Waals surface area (Å²) in [6, 6.07) is 61.4. The van der Waals surface area contributed by atoms with Gasteiger partial charge in [0.05, 0.1) is 0 Å². The van der Waals surface area contributed by atoms with Crippen LogP contribution in [-0.4, -0.2) is 0 Å². The predicted octanol–water partition coefficient (Wildman–Crippen LogP) is 14.2. The van der Waals surface area contributed by atoms with E-state index in [0.717, 1.165) is 105 Å². The Kier molecular flexibility index (Phi) is 6.22. The smallest absolute Gasteiger partial charge is 0.136 e. The Morgan fingerprint density at radius 3 is 1.23 bits per heavy atom. The summed E-state index contributed by atoms with van der Waals surface area (Å²) in [6.07, 6.45) is 0. The highest BCUT2D eigenvalue weighted by molar-refractivity contribution is 6.10. The van der Waals surface area contributed by atoms with Gasteiger partial charge in [-0.15, -0.1) is 0 Å². The summed E-state index contributed by atoms with van der Waals surface area (Å²) in [6.45, 7) is 0. The lowest BCUT2D eigenvalue weighted by molar-refractivity contribution is 0.668. The Morgan fingerprint density at radius 2 is 0.654 bits per heavy atom. The fourth-order valence-corrected chi connectivity index (χ4v) is 7.73. The van der Waals surface area contributed by atoms with Gasteiger partial charge in [-0.2, -0.15) is 0 Å². The molecule has 3 heterocycles. The average molecular weight is 668 g/mol. The van der Waals surface area contributed by atoms with Gasteiger partial charge in [-0.05, 0) is 119 Å². The maximum absolute atomic E-state index is 6.46. The van der Waals surface area contributed by atoms with E-state index in [4.69, 9.17) is 13.3 Å². The van der Waals surface area contributed by atoms with Crippen LogP contribution in [0.4, 0.5) is 17.1 Å². The summed E-state index contributed by atoms with van der Waals surface area (Å²) in [5, 5.41) is 6.61. The fraction of sp³-hybridized carbons (Fsp3) is 0. The lowest BCUT2D eigenvalue weighted by Gasteiger charge is -2.25. The van der Waals surface area contributed by atoms with E-state index in [0.29, 0.717) is 0 Å². The second kappa shape index (κ2) is 11.2. The van der Waals surface area contributed by atoms with Crippen molar-refractivity contribution in [3.05, 3.63) is 176 Å². The first-order valence-electron chi connectivity index (χ1n) is 17.5. The number of furan rings is 3. The number of fused-ring (bicyclic) bond motifs is 9. The largest absolute Gasteiger partial charge is 0.456 e. The Bertz CT molecular complexity index is 3090. The topological polar surface area (TPSA) is 42.7 Å². The normalized spacial score (nSPS) is 11.8. The number of para-hydroxylation sites is 3.